The highest BCUT2D eigenvalue weighted by Crippen LogP contribution is 2.16. The summed E-state index contributed by atoms with van der Waals surface area (Å²) in [6.07, 6.45) is 8.92. The van der Waals surface area contributed by atoms with Crippen LogP contribution in [0.4, 0.5) is 5.82 Å². The summed E-state index contributed by atoms with van der Waals surface area (Å²) in [4.78, 5) is 23.2. The Labute approximate surface area is 153 Å². The maximum Gasteiger partial charge on any atom is 0.271 e. The van der Waals surface area contributed by atoms with Crippen molar-refractivity contribution >= 4 is 23.3 Å². The maximum atomic E-state index is 12.2. The number of carbonyl (C=O) groups is 1. The van der Waals surface area contributed by atoms with E-state index in [2.05, 4.69) is 20.2 Å². The fraction of sp³-hybridized carbons (Fsp3) is 0.421. The van der Waals surface area contributed by atoms with Crippen LogP contribution in [0.15, 0.2) is 36.7 Å². The molecule has 132 valence electrons. The third-order valence-corrected chi connectivity index (χ3v) is 4.62. The molecule has 2 heterocycles. The van der Waals surface area contributed by atoms with Crippen LogP contribution in [0.3, 0.4) is 0 Å². The van der Waals surface area contributed by atoms with E-state index >= 15 is 0 Å². The van der Waals surface area contributed by atoms with Crippen molar-refractivity contribution in [1.29, 1.82) is 0 Å². The van der Waals surface area contributed by atoms with Crippen LogP contribution in [0.2, 0.25) is 5.02 Å². The minimum absolute atomic E-state index is 0.197. The monoisotopic (exact) mass is 358 g/mol. The zero-order valence-corrected chi connectivity index (χ0v) is 15.0. The highest BCUT2D eigenvalue weighted by Gasteiger charge is 2.13. The molecule has 0 bridgehead atoms. The van der Waals surface area contributed by atoms with Gasteiger partial charge in [-0.1, -0.05) is 36.6 Å². The highest BCUT2D eigenvalue weighted by molar-refractivity contribution is 6.30. The van der Waals surface area contributed by atoms with E-state index in [9.17, 15) is 4.79 Å². The largest absolute Gasteiger partial charge is 0.355 e. The minimum atomic E-state index is -0.197. The highest BCUT2D eigenvalue weighted by atomic mass is 35.5. The molecular formula is C19H23ClN4O. The zero-order chi connectivity index (χ0) is 17.5. The van der Waals surface area contributed by atoms with E-state index in [4.69, 9.17) is 11.6 Å². The van der Waals surface area contributed by atoms with E-state index in [0.29, 0.717) is 17.3 Å². The lowest BCUT2D eigenvalue weighted by Gasteiger charge is -2.20. The summed E-state index contributed by atoms with van der Waals surface area (Å²) in [7, 11) is 0. The molecule has 1 aliphatic heterocycles. The number of nitrogens with zero attached hydrogens (tertiary/aromatic N) is 3. The number of aromatic nitrogens is 2. The first kappa shape index (κ1) is 17.7. The van der Waals surface area contributed by atoms with Crippen LogP contribution in [0.1, 0.15) is 41.7 Å². The average Bonchev–Trinajstić information content (AvgIpc) is 2.91. The van der Waals surface area contributed by atoms with Crippen molar-refractivity contribution in [1.82, 2.24) is 15.3 Å². The van der Waals surface area contributed by atoms with Gasteiger partial charge in [-0.25, -0.2) is 9.97 Å². The average molecular weight is 359 g/mol. The van der Waals surface area contributed by atoms with Crippen molar-refractivity contribution in [3.8, 4) is 0 Å². The Balaban J connectivity index is 1.51. The van der Waals surface area contributed by atoms with Gasteiger partial charge in [0, 0.05) is 24.7 Å². The molecule has 0 unspecified atom stereocenters. The fourth-order valence-electron chi connectivity index (χ4n) is 3.00. The first-order chi connectivity index (χ1) is 12.2. The molecule has 3 rings (SSSR count). The van der Waals surface area contributed by atoms with Crippen molar-refractivity contribution in [2.45, 2.75) is 32.1 Å². The van der Waals surface area contributed by atoms with Gasteiger partial charge in [-0.2, -0.15) is 0 Å². The molecule has 1 aliphatic rings. The van der Waals surface area contributed by atoms with Crippen molar-refractivity contribution < 1.29 is 4.79 Å². The van der Waals surface area contributed by atoms with Crippen LogP contribution in [0, 0.1) is 0 Å². The molecule has 0 atom stereocenters. The van der Waals surface area contributed by atoms with Gasteiger partial charge in [0.2, 0.25) is 0 Å². The number of nitrogens with one attached hydrogen (secondary N) is 1. The van der Waals surface area contributed by atoms with Gasteiger partial charge in [-0.05, 0) is 37.0 Å². The van der Waals surface area contributed by atoms with E-state index in [0.717, 1.165) is 30.9 Å². The summed E-state index contributed by atoms with van der Waals surface area (Å²) in [5, 5.41) is 3.58. The molecule has 1 N–H and O–H groups in total. The van der Waals surface area contributed by atoms with Gasteiger partial charge >= 0.3 is 0 Å². The van der Waals surface area contributed by atoms with Crippen LogP contribution in [-0.2, 0) is 6.42 Å². The molecule has 25 heavy (non-hydrogen) atoms. The molecule has 1 amide bonds. The smallest absolute Gasteiger partial charge is 0.271 e. The molecule has 0 spiro atoms. The van der Waals surface area contributed by atoms with Gasteiger partial charge in [-0.3, -0.25) is 4.79 Å². The van der Waals surface area contributed by atoms with E-state index in [1.807, 2.05) is 24.3 Å². The van der Waals surface area contributed by atoms with Crippen molar-refractivity contribution in [2.24, 2.45) is 0 Å². The normalized spacial score (nSPS) is 14.8. The summed E-state index contributed by atoms with van der Waals surface area (Å²) in [5.74, 6) is 0.661. The standard InChI is InChI=1S/C19H23ClN4O/c20-16-7-5-6-15(12-16)8-9-21-19(25)17-13-23-18(14-22-17)24-10-3-1-2-4-11-24/h5-7,12-14H,1-4,8-11H2,(H,21,25). The number of anilines is 1. The molecule has 0 radical (unpaired) electrons. The number of hydrogen-bond donors (Lipinski definition) is 1. The van der Waals surface area contributed by atoms with E-state index < -0.39 is 0 Å². The van der Waals surface area contributed by atoms with Crippen LogP contribution < -0.4 is 10.2 Å². The summed E-state index contributed by atoms with van der Waals surface area (Å²) in [6.45, 7) is 2.56. The van der Waals surface area contributed by atoms with Crippen LogP contribution in [0.25, 0.3) is 0 Å². The Kier molecular flexibility index (Phi) is 6.23. The Morgan fingerprint density at radius 1 is 1.12 bits per heavy atom. The SMILES string of the molecule is O=C(NCCc1cccc(Cl)c1)c1cnc(N2CCCCCC2)cn1. The van der Waals surface area contributed by atoms with E-state index in [1.165, 1.54) is 25.7 Å². The minimum Gasteiger partial charge on any atom is -0.355 e. The van der Waals surface area contributed by atoms with Gasteiger partial charge in [-0.15, -0.1) is 0 Å². The third kappa shape index (κ3) is 5.16. The second-order valence-electron chi connectivity index (χ2n) is 6.30. The molecule has 6 heteroatoms. The lowest BCUT2D eigenvalue weighted by Crippen LogP contribution is -2.28. The number of halogens is 1. The number of carbonyl (C=O) groups excluding carboxylic acids is 1. The second kappa shape index (κ2) is 8.81. The van der Waals surface area contributed by atoms with Gasteiger partial charge < -0.3 is 10.2 Å². The number of benzene rings is 1. The Morgan fingerprint density at radius 2 is 1.92 bits per heavy atom. The number of rotatable bonds is 5. The lowest BCUT2D eigenvalue weighted by molar-refractivity contribution is 0.0949. The predicted octanol–water partition coefficient (Wildman–Crippen LogP) is 3.48. The van der Waals surface area contributed by atoms with Crippen LogP contribution in [0.5, 0.6) is 0 Å². The summed E-state index contributed by atoms with van der Waals surface area (Å²) in [6, 6.07) is 7.65. The van der Waals surface area contributed by atoms with Crippen LogP contribution >= 0.6 is 11.6 Å². The topological polar surface area (TPSA) is 58.1 Å². The molecule has 1 aromatic heterocycles. The fourth-order valence-corrected chi connectivity index (χ4v) is 3.22. The van der Waals surface area contributed by atoms with E-state index in [-0.39, 0.29) is 5.91 Å². The molecule has 1 aromatic carbocycles. The van der Waals surface area contributed by atoms with Crippen molar-refractivity contribution in [3.63, 3.8) is 0 Å². The van der Waals surface area contributed by atoms with Gasteiger partial charge in [0.1, 0.15) is 11.5 Å². The quantitative estimate of drug-likeness (QED) is 0.888. The number of hydrogen-bond acceptors (Lipinski definition) is 4. The molecule has 0 saturated carbocycles. The first-order valence-electron chi connectivity index (χ1n) is 8.82. The molecule has 1 fully saturated rings. The maximum absolute atomic E-state index is 12.2. The molecule has 5 nitrogen and oxygen atoms in total. The lowest BCUT2D eigenvalue weighted by atomic mass is 10.1. The Bertz CT molecular complexity index is 697. The molecule has 0 aliphatic carbocycles. The summed E-state index contributed by atoms with van der Waals surface area (Å²) >= 11 is 5.96. The van der Waals surface area contributed by atoms with Gasteiger partial charge in [0.15, 0.2) is 0 Å². The Morgan fingerprint density at radius 3 is 2.60 bits per heavy atom. The third-order valence-electron chi connectivity index (χ3n) is 4.39. The second-order valence-corrected chi connectivity index (χ2v) is 6.73. The van der Waals surface area contributed by atoms with E-state index in [1.54, 1.807) is 12.4 Å². The van der Waals surface area contributed by atoms with Gasteiger partial charge in [0.25, 0.3) is 5.91 Å². The zero-order valence-electron chi connectivity index (χ0n) is 14.2. The molecule has 2 aromatic rings. The molecule has 1 saturated heterocycles. The van der Waals surface area contributed by atoms with Crippen molar-refractivity contribution in [3.05, 3.63) is 52.9 Å². The van der Waals surface area contributed by atoms with Crippen molar-refractivity contribution in [2.75, 3.05) is 24.5 Å². The first-order valence-corrected chi connectivity index (χ1v) is 9.20. The summed E-state index contributed by atoms with van der Waals surface area (Å²) in [5.41, 5.74) is 1.44. The molecular weight excluding hydrogens is 336 g/mol. The Hall–Kier alpha value is -2.14. The number of amides is 1. The van der Waals surface area contributed by atoms with Crippen LogP contribution in [-0.4, -0.2) is 35.5 Å². The summed E-state index contributed by atoms with van der Waals surface area (Å²) < 4.78 is 0. The predicted molar refractivity (Wildman–Crippen MR) is 100 cm³/mol. The van der Waals surface area contributed by atoms with Gasteiger partial charge in [0.05, 0.1) is 12.4 Å².